The summed E-state index contributed by atoms with van der Waals surface area (Å²) in [5, 5.41) is 0. The van der Waals surface area contributed by atoms with Gasteiger partial charge in [-0.1, -0.05) is 26.0 Å². The zero-order valence-electron chi connectivity index (χ0n) is 19.5. The molecular weight excluding hydrogens is 380 g/mol. The molecule has 2 aromatic rings. The number of halogens is 1. The smallest absolute Gasteiger partial charge is 0.125 e. The van der Waals surface area contributed by atoms with Crippen molar-refractivity contribution in [2.75, 3.05) is 19.1 Å². The van der Waals surface area contributed by atoms with Crippen LogP contribution < -0.4 is 9.47 Å². The lowest BCUT2D eigenvalue weighted by Crippen LogP contribution is -2.13. The summed E-state index contributed by atoms with van der Waals surface area (Å²) < 4.78 is 12.0. The number of alkyl halides is 1. The van der Waals surface area contributed by atoms with Crippen LogP contribution in [-0.4, -0.2) is 19.1 Å². The first-order valence-electron chi connectivity index (χ1n) is 10.9. The fourth-order valence-corrected chi connectivity index (χ4v) is 4.91. The summed E-state index contributed by atoms with van der Waals surface area (Å²) in [5.74, 6) is 2.78. The van der Waals surface area contributed by atoms with Crippen LogP contribution in [0.25, 0.3) is 0 Å². The lowest BCUT2D eigenvalue weighted by atomic mass is 9.81. The van der Waals surface area contributed by atoms with Gasteiger partial charge in [0, 0.05) is 11.8 Å². The summed E-state index contributed by atoms with van der Waals surface area (Å²) in [7, 11) is 0. The van der Waals surface area contributed by atoms with Gasteiger partial charge in [-0.2, -0.15) is 0 Å². The van der Waals surface area contributed by atoms with Gasteiger partial charge in [-0.25, -0.2) is 0 Å². The molecule has 160 valence electrons. The van der Waals surface area contributed by atoms with Crippen LogP contribution in [0.15, 0.2) is 12.1 Å². The minimum absolute atomic E-state index is 0.149. The van der Waals surface area contributed by atoms with Gasteiger partial charge in [-0.05, 0) is 98.9 Å². The summed E-state index contributed by atoms with van der Waals surface area (Å²) in [5.41, 5.74) is 10.2. The summed E-state index contributed by atoms with van der Waals surface area (Å²) in [4.78, 5) is 0. The van der Waals surface area contributed by atoms with Crippen molar-refractivity contribution in [1.82, 2.24) is 0 Å². The Bertz CT molecular complexity index is 785. The first-order chi connectivity index (χ1) is 13.9. The van der Waals surface area contributed by atoms with E-state index in [4.69, 9.17) is 21.1 Å². The van der Waals surface area contributed by atoms with E-state index >= 15 is 0 Å². The highest BCUT2D eigenvalue weighted by Gasteiger charge is 2.24. The van der Waals surface area contributed by atoms with Crippen LogP contribution in [0.2, 0.25) is 0 Å². The summed E-state index contributed by atoms with van der Waals surface area (Å²) >= 11 is 6.62. The highest BCUT2D eigenvalue weighted by molar-refractivity contribution is 6.18. The van der Waals surface area contributed by atoms with Crippen molar-refractivity contribution in [1.29, 1.82) is 0 Å². The van der Waals surface area contributed by atoms with Crippen LogP contribution in [0.5, 0.6) is 11.5 Å². The Morgan fingerprint density at radius 3 is 1.38 bits per heavy atom. The molecule has 0 aliphatic carbocycles. The standard InChI is InChI=1S/C26H37ClO2/c1-9-20-18(7)22(13-16(5)25(20)28-11-3)24(15-27)23-14-17(6)26(29-12-4)21(10-2)19(23)8/h13-14,24H,9-12,15H2,1-8H3. The van der Waals surface area contributed by atoms with E-state index < -0.39 is 0 Å². The molecule has 0 N–H and O–H groups in total. The molecule has 0 bridgehead atoms. The van der Waals surface area contributed by atoms with Gasteiger partial charge < -0.3 is 9.47 Å². The van der Waals surface area contributed by atoms with E-state index in [1.165, 1.54) is 44.5 Å². The second-order valence-corrected chi connectivity index (χ2v) is 8.02. The Labute approximate surface area is 182 Å². The second kappa shape index (κ2) is 10.4. The fourth-order valence-electron chi connectivity index (χ4n) is 4.58. The Morgan fingerprint density at radius 1 is 0.724 bits per heavy atom. The molecule has 0 fully saturated rings. The van der Waals surface area contributed by atoms with E-state index in [-0.39, 0.29) is 5.92 Å². The molecule has 0 saturated heterocycles. The predicted octanol–water partition coefficient (Wildman–Crippen LogP) is 7.21. The van der Waals surface area contributed by atoms with Crippen LogP contribution in [0.3, 0.4) is 0 Å². The zero-order valence-corrected chi connectivity index (χ0v) is 20.2. The van der Waals surface area contributed by atoms with Gasteiger partial charge in [-0.3, -0.25) is 0 Å². The van der Waals surface area contributed by atoms with Crippen molar-refractivity contribution in [3.63, 3.8) is 0 Å². The maximum Gasteiger partial charge on any atom is 0.125 e. The van der Waals surface area contributed by atoms with Crippen molar-refractivity contribution in [3.8, 4) is 11.5 Å². The first-order valence-corrected chi connectivity index (χ1v) is 11.5. The monoisotopic (exact) mass is 416 g/mol. The predicted molar refractivity (Wildman–Crippen MR) is 125 cm³/mol. The summed E-state index contributed by atoms with van der Waals surface area (Å²) in [6.07, 6.45) is 1.90. The summed E-state index contributed by atoms with van der Waals surface area (Å²) in [6.45, 7) is 18.6. The second-order valence-electron chi connectivity index (χ2n) is 7.71. The minimum atomic E-state index is 0.149. The first kappa shape index (κ1) is 23.6. The fraction of sp³-hybridized carbons (Fsp3) is 0.538. The molecule has 0 saturated carbocycles. The molecule has 29 heavy (non-hydrogen) atoms. The Hall–Kier alpha value is -1.67. The average molecular weight is 417 g/mol. The van der Waals surface area contributed by atoms with Crippen molar-refractivity contribution in [2.45, 2.75) is 74.1 Å². The third kappa shape index (κ3) is 4.58. The van der Waals surface area contributed by atoms with Crippen molar-refractivity contribution in [2.24, 2.45) is 0 Å². The number of aryl methyl sites for hydroxylation is 2. The Kier molecular flexibility index (Phi) is 8.46. The Morgan fingerprint density at radius 2 is 1.10 bits per heavy atom. The van der Waals surface area contributed by atoms with E-state index in [2.05, 4.69) is 53.7 Å². The molecule has 0 amide bonds. The molecule has 2 rings (SSSR count). The van der Waals surface area contributed by atoms with Crippen molar-refractivity contribution < 1.29 is 9.47 Å². The van der Waals surface area contributed by atoms with Crippen molar-refractivity contribution >= 4 is 11.6 Å². The molecule has 3 heteroatoms. The quantitative estimate of drug-likeness (QED) is 0.402. The van der Waals surface area contributed by atoms with Crippen LogP contribution in [0, 0.1) is 27.7 Å². The number of benzene rings is 2. The summed E-state index contributed by atoms with van der Waals surface area (Å²) in [6, 6.07) is 4.56. The van der Waals surface area contributed by atoms with Crippen LogP contribution in [0.1, 0.15) is 78.1 Å². The van der Waals surface area contributed by atoms with Gasteiger partial charge >= 0.3 is 0 Å². The van der Waals surface area contributed by atoms with E-state index in [0.29, 0.717) is 19.1 Å². The van der Waals surface area contributed by atoms with Gasteiger partial charge in [0.1, 0.15) is 11.5 Å². The topological polar surface area (TPSA) is 18.5 Å². The largest absolute Gasteiger partial charge is 0.493 e. The number of hydrogen-bond donors (Lipinski definition) is 0. The van der Waals surface area contributed by atoms with Crippen LogP contribution >= 0.6 is 11.6 Å². The van der Waals surface area contributed by atoms with Gasteiger partial charge in [0.2, 0.25) is 0 Å². The van der Waals surface area contributed by atoms with Gasteiger partial charge in [0.15, 0.2) is 0 Å². The van der Waals surface area contributed by atoms with Gasteiger partial charge in [-0.15, -0.1) is 11.6 Å². The van der Waals surface area contributed by atoms with E-state index in [0.717, 1.165) is 24.3 Å². The maximum atomic E-state index is 6.62. The number of hydrogen-bond acceptors (Lipinski definition) is 2. The molecule has 0 aliphatic rings. The molecule has 2 nitrogen and oxygen atoms in total. The van der Waals surface area contributed by atoms with Gasteiger partial charge in [0.05, 0.1) is 13.2 Å². The van der Waals surface area contributed by atoms with Crippen LogP contribution in [-0.2, 0) is 12.8 Å². The molecule has 0 spiro atoms. The Balaban J connectivity index is 2.72. The SMILES string of the molecule is CCOc1c(C)cc(C(CCl)c2cc(C)c(OCC)c(CC)c2C)c(C)c1CC. The highest BCUT2D eigenvalue weighted by atomic mass is 35.5. The maximum absolute atomic E-state index is 6.62. The molecular formula is C26H37ClO2. The van der Waals surface area contributed by atoms with E-state index in [1.807, 2.05) is 13.8 Å². The molecule has 0 heterocycles. The molecule has 0 aliphatic heterocycles. The third-order valence-corrected chi connectivity index (χ3v) is 6.28. The number of rotatable bonds is 9. The molecule has 0 radical (unpaired) electrons. The lowest BCUT2D eigenvalue weighted by Gasteiger charge is -2.26. The van der Waals surface area contributed by atoms with E-state index in [1.54, 1.807) is 0 Å². The molecule has 2 aromatic carbocycles. The minimum Gasteiger partial charge on any atom is -0.493 e. The molecule has 0 unspecified atom stereocenters. The lowest BCUT2D eigenvalue weighted by molar-refractivity contribution is 0.334. The van der Waals surface area contributed by atoms with Crippen molar-refractivity contribution in [3.05, 3.63) is 56.6 Å². The average Bonchev–Trinajstić information content (AvgIpc) is 2.70. The third-order valence-electron chi connectivity index (χ3n) is 5.97. The molecule has 0 atom stereocenters. The molecule has 0 aromatic heterocycles. The van der Waals surface area contributed by atoms with Gasteiger partial charge in [0.25, 0.3) is 0 Å². The normalized spacial score (nSPS) is 11.2. The zero-order chi connectivity index (χ0) is 21.7. The highest BCUT2D eigenvalue weighted by Crippen LogP contribution is 2.40. The van der Waals surface area contributed by atoms with E-state index in [9.17, 15) is 0 Å². The number of ether oxygens (including phenoxy) is 2. The van der Waals surface area contributed by atoms with Crippen LogP contribution in [0.4, 0.5) is 0 Å².